The van der Waals surface area contributed by atoms with Crippen LogP contribution in [0.3, 0.4) is 0 Å². The number of para-hydroxylation sites is 1. The molecular weight excluding hydrogens is 370 g/mol. The molecule has 1 aliphatic rings. The molecule has 1 amide bonds. The van der Waals surface area contributed by atoms with Gasteiger partial charge in [-0.2, -0.15) is 0 Å². The summed E-state index contributed by atoms with van der Waals surface area (Å²) >= 11 is 0. The number of anilines is 1. The monoisotopic (exact) mass is 391 g/mol. The number of nitrogens with zero attached hydrogens (tertiary/aromatic N) is 2. The maximum atomic E-state index is 12.7. The van der Waals surface area contributed by atoms with Gasteiger partial charge < -0.3 is 14.6 Å². The summed E-state index contributed by atoms with van der Waals surface area (Å²) in [6.07, 6.45) is 2.56. The van der Waals surface area contributed by atoms with E-state index in [2.05, 4.69) is 22.3 Å². The first kappa shape index (κ1) is 18.7. The number of nitro groups is 1. The van der Waals surface area contributed by atoms with Crippen LogP contribution in [-0.4, -0.2) is 23.9 Å². The fraction of sp³-hybridized carbons (Fsp3) is 0.227. The summed E-state index contributed by atoms with van der Waals surface area (Å²) in [6.45, 7) is 2.80. The lowest BCUT2D eigenvalue weighted by Gasteiger charge is -2.29. The van der Waals surface area contributed by atoms with E-state index in [0.29, 0.717) is 12.1 Å². The van der Waals surface area contributed by atoms with Gasteiger partial charge in [-0.25, -0.2) is 0 Å². The van der Waals surface area contributed by atoms with E-state index in [9.17, 15) is 14.9 Å². The molecule has 148 valence electrons. The maximum absolute atomic E-state index is 12.7. The highest BCUT2D eigenvalue weighted by Gasteiger charge is 2.29. The van der Waals surface area contributed by atoms with Crippen LogP contribution in [-0.2, 0) is 6.42 Å². The minimum Gasteiger partial charge on any atom is -0.467 e. The molecule has 0 radical (unpaired) electrons. The van der Waals surface area contributed by atoms with Crippen LogP contribution in [0.25, 0.3) is 0 Å². The van der Waals surface area contributed by atoms with Crippen molar-refractivity contribution < 1.29 is 14.1 Å². The van der Waals surface area contributed by atoms with Crippen LogP contribution in [0.4, 0.5) is 11.4 Å². The fourth-order valence-electron chi connectivity index (χ4n) is 3.77. The number of nitro benzene ring substituents is 1. The van der Waals surface area contributed by atoms with E-state index < -0.39 is 4.92 Å². The van der Waals surface area contributed by atoms with Gasteiger partial charge in [0.15, 0.2) is 0 Å². The van der Waals surface area contributed by atoms with Crippen LogP contribution in [0.5, 0.6) is 0 Å². The molecule has 7 nitrogen and oxygen atoms in total. The molecule has 0 unspecified atom stereocenters. The highest BCUT2D eigenvalue weighted by Crippen LogP contribution is 2.35. The number of benzene rings is 2. The van der Waals surface area contributed by atoms with Gasteiger partial charge >= 0.3 is 0 Å². The van der Waals surface area contributed by atoms with Crippen molar-refractivity contribution in [2.24, 2.45) is 0 Å². The summed E-state index contributed by atoms with van der Waals surface area (Å²) in [5, 5.41) is 14.1. The van der Waals surface area contributed by atoms with Crippen molar-refractivity contribution in [3.63, 3.8) is 0 Å². The number of hydrogen-bond donors (Lipinski definition) is 1. The van der Waals surface area contributed by atoms with Crippen molar-refractivity contribution in [3.05, 3.63) is 93.4 Å². The van der Waals surface area contributed by atoms with E-state index in [4.69, 9.17) is 4.42 Å². The first-order valence-corrected chi connectivity index (χ1v) is 9.46. The van der Waals surface area contributed by atoms with Crippen LogP contribution in [0.2, 0.25) is 0 Å². The van der Waals surface area contributed by atoms with Crippen molar-refractivity contribution in [3.8, 4) is 0 Å². The molecule has 0 spiro atoms. The van der Waals surface area contributed by atoms with E-state index >= 15 is 0 Å². The van der Waals surface area contributed by atoms with E-state index in [1.165, 1.54) is 11.6 Å². The van der Waals surface area contributed by atoms with Crippen LogP contribution >= 0.6 is 0 Å². The van der Waals surface area contributed by atoms with Gasteiger partial charge in [-0.3, -0.25) is 14.9 Å². The SMILES string of the molecule is Cc1ccc(C(=O)NC[C@H](c2ccco2)N2CCc3ccccc32)cc1[N+](=O)[O-]. The van der Waals surface area contributed by atoms with Gasteiger partial charge in [0.05, 0.1) is 11.2 Å². The molecule has 0 saturated carbocycles. The third kappa shape index (κ3) is 3.71. The molecule has 2 heterocycles. The molecule has 2 aromatic carbocycles. The number of amides is 1. The summed E-state index contributed by atoms with van der Waals surface area (Å²) in [7, 11) is 0. The van der Waals surface area contributed by atoms with Crippen molar-refractivity contribution in [2.75, 3.05) is 18.0 Å². The topological polar surface area (TPSA) is 88.6 Å². The molecule has 1 atom stereocenters. The van der Waals surface area contributed by atoms with Crippen molar-refractivity contribution >= 4 is 17.3 Å². The molecule has 3 aromatic rings. The van der Waals surface area contributed by atoms with E-state index in [0.717, 1.165) is 24.4 Å². The standard InChI is InChI=1S/C22H21N3O4/c1-15-8-9-17(13-19(15)25(27)28)22(26)23-14-20(21-7-4-12-29-21)24-11-10-16-5-2-3-6-18(16)24/h2-9,12-13,20H,10-11,14H2,1H3,(H,23,26)/t20-/m1/s1. The smallest absolute Gasteiger partial charge is 0.273 e. The molecule has 0 saturated heterocycles. The number of nitrogens with one attached hydrogen (secondary N) is 1. The van der Waals surface area contributed by atoms with Crippen molar-refractivity contribution in [1.29, 1.82) is 0 Å². The molecule has 1 N–H and O–H groups in total. The normalized spacial score (nSPS) is 13.8. The summed E-state index contributed by atoms with van der Waals surface area (Å²) in [5.74, 6) is 0.411. The van der Waals surface area contributed by atoms with E-state index in [1.54, 1.807) is 25.3 Å². The van der Waals surface area contributed by atoms with Gasteiger partial charge in [0, 0.05) is 36.0 Å². The number of furan rings is 1. The first-order chi connectivity index (χ1) is 14.0. The number of carbonyl (C=O) groups excluding carboxylic acids is 1. The Morgan fingerprint density at radius 2 is 2.07 bits per heavy atom. The number of aryl methyl sites for hydroxylation is 1. The zero-order valence-electron chi connectivity index (χ0n) is 16.0. The molecule has 1 aromatic heterocycles. The zero-order chi connectivity index (χ0) is 20.4. The molecule has 4 rings (SSSR count). The van der Waals surface area contributed by atoms with Crippen molar-refractivity contribution in [1.82, 2.24) is 5.32 Å². The predicted molar refractivity (Wildman–Crippen MR) is 109 cm³/mol. The third-order valence-electron chi connectivity index (χ3n) is 5.29. The Kier molecular flexibility index (Phi) is 5.03. The van der Waals surface area contributed by atoms with Crippen LogP contribution in [0, 0.1) is 17.0 Å². The predicted octanol–water partition coefficient (Wildman–Crippen LogP) is 4.03. The Labute approximate surface area is 168 Å². The molecule has 0 aliphatic carbocycles. The maximum Gasteiger partial charge on any atom is 0.273 e. The highest BCUT2D eigenvalue weighted by molar-refractivity contribution is 5.95. The molecule has 0 bridgehead atoms. The Morgan fingerprint density at radius 1 is 1.24 bits per heavy atom. The lowest BCUT2D eigenvalue weighted by molar-refractivity contribution is -0.385. The third-order valence-corrected chi connectivity index (χ3v) is 5.29. The van der Waals surface area contributed by atoms with Crippen LogP contribution < -0.4 is 10.2 Å². The minimum absolute atomic E-state index is 0.0614. The van der Waals surface area contributed by atoms with Gasteiger partial charge in [-0.15, -0.1) is 0 Å². The lowest BCUT2D eigenvalue weighted by Crippen LogP contribution is -2.37. The van der Waals surface area contributed by atoms with Crippen LogP contribution in [0.15, 0.2) is 65.3 Å². The van der Waals surface area contributed by atoms with Gasteiger partial charge in [-0.05, 0) is 43.2 Å². The number of rotatable bonds is 6. The first-order valence-electron chi connectivity index (χ1n) is 9.46. The Bertz CT molecular complexity index is 1050. The average Bonchev–Trinajstić information content (AvgIpc) is 3.39. The van der Waals surface area contributed by atoms with E-state index in [-0.39, 0.29) is 23.2 Å². The Morgan fingerprint density at radius 3 is 2.83 bits per heavy atom. The second kappa shape index (κ2) is 7.79. The molecule has 1 aliphatic heterocycles. The second-order valence-electron chi connectivity index (χ2n) is 7.07. The average molecular weight is 391 g/mol. The number of fused-ring (bicyclic) bond motifs is 1. The minimum atomic E-state index is -0.473. The quantitative estimate of drug-likeness (QED) is 0.506. The molecule has 0 fully saturated rings. The largest absolute Gasteiger partial charge is 0.467 e. The number of carbonyl (C=O) groups is 1. The fourth-order valence-corrected chi connectivity index (χ4v) is 3.77. The summed E-state index contributed by atoms with van der Waals surface area (Å²) in [4.78, 5) is 25.6. The summed E-state index contributed by atoms with van der Waals surface area (Å²) < 4.78 is 5.65. The van der Waals surface area contributed by atoms with Crippen molar-refractivity contribution in [2.45, 2.75) is 19.4 Å². The van der Waals surface area contributed by atoms with Crippen LogP contribution in [0.1, 0.15) is 33.3 Å². The molecular formula is C22H21N3O4. The second-order valence-corrected chi connectivity index (χ2v) is 7.07. The Balaban J connectivity index is 1.55. The van der Waals surface area contributed by atoms with Gasteiger partial charge in [0.1, 0.15) is 11.8 Å². The van der Waals surface area contributed by atoms with Gasteiger partial charge in [-0.1, -0.05) is 24.3 Å². The van der Waals surface area contributed by atoms with E-state index in [1.807, 2.05) is 24.3 Å². The zero-order valence-corrected chi connectivity index (χ0v) is 16.0. The Hall–Kier alpha value is -3.61. The van der Waals surface area contributed by atoms with Gasteiger partial charge in [0.25, 0.3) is 11.6 Å². The summed E-state index contributed by atoms with van der Waals surface area (Å²) in [6, 6.07) is 16.3. The molecule has 7 heteroatoms. The van der Waals surface area contributed by atoms with Gasteiger partial charge in [0.2, 0.25) is 0 Å². The number of hydrogen-bond acceptors (Lipinski definition) is 5. The molecule has 29 heavy (non-hydrogen) atoms. The summed E-state index contributed by atoms with van der Waals surface area (Å²) in [5.41, 5.74) is 3.13. The highest BCUT2D eigenvalue weighted by atomic mass is 16.6. The lowest BCUT2D eigenvalue weighted by atomic mass is 10.1.